The summed E-state index contributed by atoms with van der Waals surface area (Å²) >= 11 is 0. The van der Waals surface area contributed by atoms with Crippen molar-refractivity contribution < 1.29 is 4.74 Å². The van der Waals surface area contributed by atoms with Crippen LogP contribution in [0.25, 0.3) is 0 Å². The Morgan fingerprint density at radius 2 is 2.53 bits per heavy atom. The van der Waals surface area contributed by atoms with Gasteiger partial charge in [0.2, 0.25) is 0 Å². The second-order valence-electron chi connectivity index (χ2n) is 4.54. The van der Waals surface area contributed by atoms with Gasteiger partial charge in [0.15, 0.2) is 0 Å². The van der Waals surface area contributed by atoms with Gasteiger partial charge < -0.3 is 15.0 Å². The van der Waals surface area contributed by atoms with Crippen molar-refractivity contribution in [2.75, 3.05) is 7.05 Å². The maximum Gasteiger partial charge on any atom is 0.112 e. The number of hydrogen-bond acceptors (Lipinski definition) is 3. The van der Waals surface area contributed by atoms with Crippen molar-refractivity contribution in [3.8, 4) is 0 Å². The molecule has 2 aliphatic heterocycles. The summed E-state index contributed by atoms with van der Waals surface area (Å²) in [4.78, 5) is 7.85. The van der Waals surface area contributed by atoms with E-state index in [2.05, 4.69) is 15.3 Å². The van der Waals surface area contributed by atoms with Crippen molar-refractivity contribution in [1.29, 1.82) is 0 Å². The summed E-state index contributed by atoms with van der Waals surface area (Å²) in [6, 6.07) is 0. The zero-order chi connectivity index (χ0) is 10.3. The molecule has 2 N–H and O–H groups in total. The van der Waals surface area contributed by atoms with Crippen LogP contribution in [0.2, 0.25) is 0 Å². The minimum atomic E-state index is 0.420. The lowest BCUT2D eigenvalue weighted by atomic mass is 9.89. The summed E-state index contributed by atoms with van der Waals surface area (Å²) in [6.45, 7) is 0.856. The quantitative estimate of drug-likeness (QED) is 0.782. The first kappa shape index (κ1) is 9.36. The highest BCUT2D eigenvalue weighted by molar-refractivity contribution is 5.11. The van der Waals surface area contributed by atoms with E-state index in [1.54, 1.807) is 0 Å². The van der Waals surface area contributed by atoms with E-state index in [1.165, 1.54) is 12.8 Å². The number of aromatic nitrogens is 2. The van der Waals surface area contributed by atoms with Gasteiger partial charge >= 0.3 is 0 Å². The van der Waals surface area contributed by atoms with E-state index in [4.69, 9.17) is 4.74 Å². The Balaban J connectivity index is 1.75. The molecule has 0 radical (unpaired) electrons. The fourth-order valence-corrected chi connectivity index (χ4v) is 2.77. The fraction of sp³-hybridized carbons (Fsp3) is 0.727. The summed E-state index contributed by atoms with van der Waals surface area (Å²) in [5.41, 5.74) is 1.16. The highest BCUT2D eigenvalue weighted by atomic mass is 16.5. The molecular formula is C11H17N3O. The second-order valence-corrected chi connectivity index (χ2v) is 4.54. The van der Waals surface area contributed by atoms with Crippen molar-refractivity contribution in [1.82, 2.24) is 15.3 Å². The van der Waals surface area contributed by atoms with E-state index >= 15 is 0 Å². The summed E-state index contributed by atoms with van der Waals surface area (Å²) < 4.78 is 5.83. The van der Waals surface area contributed by atoms with Gasteiger partial charge in [-0.3, -0.25) is 0 Å². The Labute approximate surface area is 89.4 Å². The number of H-pyrrole nitrogens is 1. The number of hydrogen-bond donors (Lipinski definition) is 2. The molecule has 0 saturated carbocycles. The van der Waals surface area contributed by atoms with Gasteiger partial charge in [0.1, 0.15) is 5.82 Å². The van der Waals surface area contributed by atoms with Crippen LogP contribution in [0.15, 0.2) is 6.20 Å². The van der Waals surface area contributed by atoms with Crippen molar-refractivity contribution >= 4 is 0 Å². The lowest BCUT2D eigenvalue weighted by Gasteiger charge is -2.15. The highest BCUT2D eigenvalue weighted by Gasteiger charge is 2.42. The Morgan fingerprint density at radius 3 is 3.20 bits per heavy atom. The van der Waals surface area contributed by atoms with Crippen LogP contribution in [0.1, 0.15) is 36.7 Å². The second kappa shape index (κ2) is 3.61. The van der Waals surface area contributed by atoms with Crippen LogP contribution in [0.5, 0.6) is 0 Å². The summed E-state index contributed by atoms with van der Waals surface area (Å²) in [5, 5.41) is 3.12. The van der Waals surface area contributed by atoms with Crippen molar-refractivity contribution in [3.63, 3.8) is 0 Å². The molecule has 2 bridgehead atoms. The number of nitrogens with one attached hydrogen (secondary N) is 2. The number of aromatic amines is 1. The minimum absolute atomic E-state index is 0.420. The zero-order valence-electron chi connectivity index (χ0n) is 8.99. The highest BCUT2D eigenvalue weighted by Crippen LogP contribution is 2.43. The van der Waals surface area contributed by atoms with Crippen molar-refractivity contribution in [2.24, 2.45) is 0 Å². The molecule has 15 heavy (non-hydrogen) atoms. The average Bonchev–Trinajstić information content (AvgIpc) is 2.91. The first-order valence-electron chi connectivity index (χ1n) is 5.70. The molecule has 3 heterocycles. The predicted molar refractivity (Wildman–Crippen MR) is 56.6 cm³/mol. The van der Waals surface area contributed by atoms with Gasteiger partial charge in [-0.05, 0) is 26.3 Å². The van der Waals surface area contributed by atoms with E-state index in [1.807, 2.05) is 13.2 Å². The predicted octanol–water partition coefficient (Wildman–Crippen LogP) is 1.16. The lowest BCUT2D eigenvalue weighted by Crippen LogP contribution is -2.15. The number of imidazole rings is 1. The molecule has 2 aliphatic rings. The molecule has 82 valence electrons. The maximum atomic E-state index is 5.83. The molecule has 4 heteroatoms. The van der Waals surface area contributed by atoms with Crippen LogP contribution < -0.4 is 5.32 Å². The van der Waals surface area contributed by atoms with E-state index in [-0.39, 0.29) is 0 Å². The molecular weight excluding hydrogens is 190 g/mol. The van der Waals surface area contributed by atoms with Gasteiger partial charge in [-0.1, -0.05) is 0 Å². The van der Waals surface area contributed by atoms with Gasteiger partial charge in [0.25, 0.3) is 0 Å². The molecule has 2 saturated heterocycles. The molecule has 3 unspecified atom stereocenters. The molecule has 0 aromatic carbocycles. The van der Waals surface area contributed by atoms with Gasteiger partial charge in [-0.2, -0.15) is 0 Å². The topological polar surface area (TPSA) is 49.9 Å². The molecule has 3 atom stereocenters. The SMILES string of the molecule is CNCc1cnc(C2CC3CCC2O3)[nH]1. The van der Waals surface area contributed by atoms with Crippen LogP contribution >= 0.6 is 0 Å². The number of fused-ring (bicyclic) bond motifs is 2. The number of nitrogens with zero attached hydrogens (tertiary/aromatic N) is 1. The summed E-state index contributed by atoms with van der Waals surface area (Å²) in [7, 11) is 1.95. The first-order chi connectivity index (χ1) is 7.36. The summed E-state index contributed by atoms with van der Waals surface area (Å²) in [6.07, 6.45) is 6.44. The van der Waals surface area contributed by atoms with Crippen molar-refractivity contribution in [2.45, 2.75) is 43.9 Å². The molecule has 1 aromatic rings. The average molecular weight is 207 g/mol. The van der Waals surface area contributed by atoms with Crippen LogP contribution in [0.3, 0.4) is 0 Å². The smallest absolute Gasteiger partial charge is 0.112 e. The number of ether oxygens (including phenoxy) is 1. The maximum absolute atomic E-state index is 5.83. The normalized spacial score (nSPS) is 33.8. The minimum Gasteiger partial charge on any atom is -0.374 e. The van der Waals surface area contributed by atoms with Crippen LogP contribution in [-0.4, -0.2) is 29.2 Å². The molecule has 4 nitrogen and oxygen atoms in total. The van der Waals surface area contributed by atoms with Crippen LogP contribution in [0, 0.1) is 0 Å². The Bertz CT molecular complexity index is 349. The third-order valence-corrected chi connectivity index (χ3v) is 3.47. The third kappa shape index (κ3) is 1.58. The molecule has 1 aromatic heterocycles. The van der Waals surface area contributed by atoms with Gasteiger partial charge in [-0.15, -0.1) is 0 Å². The Kier molecular flexibility index (Phi) is 2.25. The van der Waals surface area contributed by atoms with Crippen LogP contribution in [0.4, 0.5) is 0 Å². The van der Waals surface area contributed by atoms with Gasteiger partial charge in [-0.25, -0.2) is 4.98 Å². The third-order valence-electron chi connectivity index (χ3n) is 3.47. The van der Waals surface area contributed by atoms with Crippen molar-refractivity contribution in [3.05, 3.63) is 17.7 Å². The standard InChI is InChI=1S/C11H17N3O/c1-12-5-7-6-13-11(14-7)9-4-8-2-3-10(9)15-8/h6,8-10,12H,2-5H2,1H3,(H,13,14). The molecule has 0 spiro atoms. The van der Waals surface area contributed by atoms with E-state index < -0.39 is 0 Å². The Morgan fingerprint density at radius 1 is 1.60 bits per heavy atom. The number of rotatable bonds is 3. The van der Waals surface area contributed by atoms with E-state index in [9.17, 15) is 0 Å². The van der Waals surface area contributed by atoms with E-state index in [0.717, 1.165) is 24.5 Å². The largest absolute Gasteiger partial charge is 0.374 e. The monoisotopic (exact) mass is 207 g/mol. The van der Waals surface area contributed by atoms with Crippen LogP contribution in [-0.2, 0) is 11.3 Å². The van der Waals surface area contributed by atoms with Gasteiger partial charge in [0, 0.05) is 24.4 Å². The first-order valence-corrected chi connectivity index (χ1v) is 5.70. The molecule has 2 fully saturated rings. The molecule has 0 amide bonds. The lowest BCUT2D eigenvalue weighted by molar-refractivity contribution is 0.0999. The van der Waals surface area contributed by atoms with Gasteiger partial charge in [0.05, 0.1) is 12.2 Å². The fourth-order valence-electron chi connectivity index (χ4n) is 2.77. The Hall–Kier alpha value is -0.870. The molecule has 3 rings (SSSR count). The summed E-state index contributed by atoms with van der Waals surface area (Å²) in [5.74, 6) is 1.63. The molecule has 0 aliphatic carbocycles. The zero-order valence-corrected chi connectivity index (χ0v) is 8.99. The van der Waals surface area contributed by atoms with E-state index in [0.29, 0.717) is 18.1 Å².